The molecule has 8 nitrogen and oxygen atoms in total. The average Bonchev–Trinajstić information content (AvgIpc) is 2.83. The van der Waals surface area contributed by atoms with E-state index in [4.69, 9.17) is 0 Å². The standard InChI is InChI=1S/C24H31FN4O4S/c1-3-4-22(27-24(31)26-17-19-7-9-20(25)10-8-19)23(30)28-13-15-29(16-14-28)34(32,33)21-11-5-18(2)6-12-21/h5-12,22H,3-4,13-17H2,1-2H3,(H2,26,27,31). The highest BCUT2D eigenvalue weighted by atomic mass is 32.2. The molecule has 0 bridgehead atoms. The van der Waals surface area contributed by atoms with Gasteiger partial charge in [0, 0.05) is 32.7 Å². The Balaban J connectivity index is 1.55. The van der Waals surface area contributed by atoms with Crippen molar-refractivity contribution in [2.75, 3.05) is 26.2 Å². The topological polar surface area (TPSA) is 98.8 Å². The second-order valence-electron chi connectivity index (χ2n) is 8.34. The first-order chi connectivity index (χ1) is 16.2. The lowest BCUT2D eigenvalue weighted by Crippen LogP contribution is -2.56. The third kappa shape index (κ3) is 6.54. The van der Waals surface area contributed by atoms with Gasteiger partial charge in [-0.1, -0.05) is 43.2 Å². The van der Waals surface area contributed by atoms with Crippen molar-refractivity contribution >= 4 is 22.0 Å². The van der Waals surface area contributed by atoms with Gasteiger partial charge in [-0.3, -0.25) is 4.79 Å². The van der Waals surface area contributed by atoms with Gasteiger partial charge in [-0.25, -0.2) is 17.6 Å². The summed E-state index contributed by atoms with van der Waals surface area (Å²) in [6.07, 6.45) is 1.15. The van der Waals surface area contributed by atoms with Gasteiger partial charge in [0.25, 0.3) is 0 Å². The highest BCUT2D eigenvalue weighted by molar-refractivity contribution is 7.89. The smallest absolute Gasteiger partial charge is 0.315 e. The monoisotopic (exact) mass is 490 g/mol. The number of urea groups is 1. The molecule has 3 rings (SSSR count). The fraction of sp³-hybridized carbons (Fsp3) is 0.417. The van der Waals surface area contributed by atoms with E-state index >= 15 is 0 Å². The Labute approximate surface area is 200 Å². The Bertz CT molecular complexity index is 1080. The highest BCUT2D eigenvalue weighted by Gasteiger charge is 2.32. The number of halogens is 1. The quantitative estimate of drug-likeness (QED) is 0.594. The van der Waals surface area contributed by atoms with Crippen LogP contribution in [0, 0.1) is 12.7 Å². The van der Waals surface area contributed by atoms with Crippen molar-refractivity contribution in [3.63, 3.8) is 0 Å². The van der Waals surface area contributed by atoms with E-state index in [0.29, 0.717) is 12.8 Å². The molecular formula is C24H31FN4O4S. The molecule has 3 amide bonds. The number of nitrogens with zero attached hydrogens (tertiary/aromatic N) is 2. The molecule has 1 aliphatic heterocycles. The predicted molar refractivity (Wildman–Crippen MR) is 127 cm³/mol. The summed E-state index contributed by atoms with van der Waals surface area (Å²) in [4.78, 5) is 27.3. The summed E-state index contributed by atoms with van der Waals surface area (Å²) >= 11 is 0. The molecule has 0 aliphatic carbocycles. The van der Waals surface area contributed by atoms with Gasteiger partial charge in [0.1, 0.15) is 11.9 Å². The van der Waals surface area contributed by atoms with E-state index in [1.54, 1.807) is 41.3 Å². The number of sulfonamides is 1. The zero-order chi connectivity index (χ0) is 24.7. The van der Waals surface area contributed by atoms with Gasteiger partial charge in [-0.05, 0) is 43.2 Å². The molecule has 34 heavy (non-hydrogen) atoms. The molecule has 10 heteroatoms. The number of hydrogen-bond acceptors (Lipinski definition) is 4. The van der Waals surface area contributed by atoms with Crippen LogP contribution < -0.4 is 10.6 Å². The van der Waals surface area contributed by atoms with E-state index < -0.39 is 22.1 Å². The fourth-order valence-corrected chi connectivity index (χ4v) is 5.19. The van der Waals surface area contributed by atoms with Crippen molar-refractivity contribution in [1.29, 1.82) is 0 Å². The van der Waals surface area contributed by atoms with Crippen LogP contribution in [0.3, 0.4) is 0 Å². The molecule has 1 unspecified atom stereocenters. The lowest BCUT2D eigenvalue weighted by atomic mass is 10.1. The van der Waals surface area contributed by atoms with Gasteiger partial charge in [0.2, 0.25) is 15.9 Å². The Hall–Kier alpha value is -2.98. The molecule has 2 aromatic rings. The van der Waals surface area contributed by atoms with Crippen LogP contribution in [0.4, 0.5) is 9.18 Å². The Morgan fingerprint density at radius 1 is 1.00 bits per heavy atom. The van der Waals surface area contributed by atoms with Crippen molar-refractivity contribution in [2.45, 2.75) is 44.2 Å². The molecule has 2 N–H and O–H groups in total. The van der Waals surface area contributed by atoms with Gasteiger partial charge in [-0.2, -0.15) is 4.31 Å². The molecule has 2 aromatic carbocycles. The fourth-order valence-electron chi connectivity index (χ4n) is 3.77. The molecule has 0 spiro atoms. The second-order valence-corrected chi connectivity index (χ2v) is 10.3. The minimum absolute atomic E-state index is 0.192. The van der Waals surface area contributed by atoms with Crippen LogP contribution in [-0.2, 0) is 21.4 Å². The molecule has 0 radical (unpaired) electrons. The number of hydrogen-bond donors (Lipinski definition) is 2. The summed E-state index contributed by atoms with van der Waals surface area (Å²) in [5, 5.41) is 5.41. The van der Waals surface area contributed by atoms with Crippen LogP contribution in [0.2, 0.25) is 0 Å². The van der Waals surface area contributed by atoms with E-state index in [0.717, 1.165) is 11.1 Å². The lowest BCUT2D eigenvalue weighted by Gasteiger charge is -2.36. The predicted octanol–water partition coefficient (Wildman–Crippen LogP) is 2.64. The van der Waals surface area contributed by atoms with Crippen molar-refractivity contribution in [3.05, 3.63) is 65.5 Å². The van der Waals surface area contributed by atoms with E-state index in [9.17, 15) is 22.4 Å². The molecule has 1 saturated heterocycles. The second kappa shape index (κ2) is 11.4. The molecule has 1 heterocycles. The van der Waals surface area contributed by atoms with Gasteiger partial charge in [-0.15, -0.1) is 0 Å². The number of rotatable bonds is 8. The van der Waals surface area contributed by atoms with Crippen LogP contribution in [0.1, 0.15) is 30.9 Å². The minimum atomic E-state index is -3.62. The van der Waals surface area contributed by atoms with Crippen LogP contribution in [0.15, 0.2) is 53.4 Å². The highest BCUT2D eigenvalue weighted by Crippen LogP contribution is 2.19. The Kier molecular flexibility index (Phi) is 8.62. The third-order valence-electron chi connectivity index (χ3n) is 5.76. The SMILES string of the molecule is CCCC(NC(=O)NCc1ccc(F)cc1)C(=O)N1CCN(S(=O)(=O)c2ccc(C)cc2)CC1. The third-order valence-corrected chi connectivity index (χ3v) is 7.67. The molecular weight excluding hydrogens is 459 g/mol. The average molecular weight is 491 g/mol. The zero-order valence-corrected chi connectivity index (χ0v) is 20.3. The minimum Gasteiger partial charge on any atom is -0.338 e. The maximum atomic E-state index is 13.1. The lowest BCUT2D eigenvalue weighted by molar-refractivity contribution is -0.134. The number of benzene rings is 2. The van der Waals surface area contributed by atoms with Gasteiger partial charge in [0.05, 0.1) is 4.90 Å². The van der Waals surface area contributed by atoms with Crippen molar-refractivity contribution in [2.24, 2.45) is 0 Å². The summed E-state index contributed by atoms with van der Waals surface area (Å²) in [6, 6.07) is 11.3. The summed E-state index contributed by atoms with van der Waals surface area (Å²) in [6.45, 7) is 4.91. The summed E-state index contributed by atoms with van der Waals surface area (Å²) < 4.78 is 40.2. The number of carbonyl (C=O) groups is 2. The molecule has 184 valence electrons. The maximum absolute atomic E-state index is 13.1. The van der Waals surface area contributed by atoms with E-state index in [-0.39, 0.29) is 49.3 Å². The van der Waals surface area contributed by atoms with E-state index in [2.05, 4.69) is 10.6 Å². The van der Waals surface area contributed by atoms with Crippen LogP contribution in [-0.4, -0.2) is 61.8 Å². The number of nitrogens with one attached hydrogen (secondary N) is 2. The molecule has 1 fully saturated rings. The Morgan fingerprint density at radius 2 is 1.62 bits per heavy atom. The largest absolute Gasteiger partial charge is 0.338 e. The summed E-state index contributed by atoms with van der Waals surface area (Å²) in [5.74, 6) is -0.584. The first-order valence-electron chi connectivity index (χ1n) is 11.3. The number of piperazine rings is 1. The van der Waals surface area contributed by atoms with Gasteiger partial charge in [0.15, 0.2) is 0 Å². The van der Waals surface area contributed by atoms with Crippen molar-refractivity contribution in [3.8, 4) is 0 Å². The molecule has 0 saturated carbocycles. The summed E-state index contributed by atoms with van der Waals surface area (Å²) in [5.41, 5.74) is 1.71. The normalized spacial score (nSPS) is 15.6. The number of aryl methyl sites for hydroxylation is 1. The molecule has 1 aliphatic rings. The number of amides is 3. The van der Waals surface area contributed by atoms with Crippen LogP contribution in [0.5, 0.6) is 0 Å². The summed E-state index contributed by atoms with van der Waals surface area (Å²) in [7, 11) is -3.62. The first-order valence-corrected chi connectivity index (χ1v) is 12.8. The van der Waals surface area contributed by atoms with Crippen molar-refractivity contribution in [1.82, 2.24) is 19.8 Å². The van der Waals surface area contributed by atoms with Crippen LogP contribution in [0.25, 0.3) is 0 Å². The first kappa shape index (κ1) is 25.6. The number of carbonyl (C=O) groups excluding carboxylic acids is 2. The van der Waals surface area contributed by atoms with Gasteiger partial charge >= 0.3 is 6.03 Å². The Morgan fingerprint density at radius 3 is 2.21 bits per heavy atom. The van der Waals surface area contributed by atoms with Crippen molar-refractivity contribution < 1.29 is 22.4 Å². The van der Waals surface area contributed by atoms with E-state index in [1.807, 2.05) is 13.8 Å². The van der Waals surface area contributed by atoms with Gasteiger partial charge < -0.3 is 15.5 Å². The van der Waals surface area contributed by atoms with E-state index in [1.165, 1.54) is 16.4 Å². The molecule has 0 aromatic heterocycles. The maximum Gasteiger partial charge on any atom is 0.315 e. The zero-order valence-electron chi connectivity index (χ0n) is 19.5. The van der Waals surface area contributed by atoms with Crippen LogP contribution >= 0.6 is 0 Å². The molecule has 1 atom stereocenters.